The van der Waals surface area contributed by atoms with E-state index >= 15 is 0 Å². The number of hydrogen-bond donors (Lipinski definition) is 0. The molecule has 1 aliphatic heterocycles. The van der Waals surface area contributed by atoms with E-state index in [0.717, 1.165) is 22.4 Å². The Morgan fingerprint density at radius 2 is 1.64 bits per heavy atom. The fourth-order valence-corrected chi connectivity index (χ4v) is 1.48. The summed E-state index contributed by atoms with van der Waals surface area (Å²) in [6.07, 6.45) is 0. The fourth-order valence-electron chi connectivity index (χ4n) is 1.48. The molecule has 0 atom stereocenters. The molecule has 0 saturated heterocycles. The summed E-state index contributed by atoms with van der Waals surface area (Å²) in [5, 5.41) is 0. The normalized spacial score (nSPS) is 16.1. The SMILES string of the molecule is CC1=C(C)C(c2ccccc2)=NC1=O. The van der Waals surface area contributed by atoms with Gasteiger partial charge in [-0.25, -0.2) is 4.99 Å². The van der Waals surface area contributed by atoms with Crippen LogP contribution in [0.25, 0.3) is 0 Å². The van der Waals surface area contributed by atoms with Gasteiger partial charge >= 0.3 is 0 Å². The molecule has 0 spiro atoms. The third kappa shape index (κ3) is 1.29. The molecule has 0 aliphatic carbocycles. The standard InChI is InChI=1S/C12H11NO/c1-8-9(2)12(14)13-11(8)10-6-4-3-5-7-10/h3-7H,1-2H3. The van der Waals surface area contributed by atoms with Gasteiger partial charge in [-0.05, 0) is 19.4 Å². The van der Waals surface area contributed by atoms with Crippen LogP contribution >= 0.6 is 0 Å². The molecule has 70 valence electrons. The Morgan fingerprint density at radius 3 is 2.14 bits per heavy atom. The van der Waals surface area contributed by atoms with E-state index in [4.69, 9.17) is 0 Å². The highest BCUT2D eigenvalue weighted by Gasteiger charge is 2.20. The predicted molar refractivity (Wildman–Crippen MR) is 56.4 cm³/mol. The van der Waals surface area contributed by atoms with Crippen LogP contribution in [-0.4, -0.2) is 11.6 Å². The van der Waals surface area contributed by atoms with Crippen molar-refractivity contribution in [1.29, 1.82) is 0 Å². The predicted octanol–water partition coefficient (Wildman–Crippen LogP) is 2.35. The molecule has 1 aromatic carbocycles. The number of aliphatic imine (C=N–C) groups is 1. The van der Waals surface area contributed by atoms with E-state index in [1.165, 1.54) is 0 Å². The van der Waals surface area contributed by atoms with Gasteiger partial charge in [0.1, 0.15) is 0 Å². The highest BCUT2D eigenvalue weighted by Crippen LogP contribution is 2.20. The van der Waals surface area contributed by atoms with Crippen LogP contribution in [0.15, 0.2) is 46.5 Å². The first-order chi connectivity index (χ1) is 6.70. The molecule has 0 radical (unpaired) electrons. The van der Waals surface area contributed by atoms with Crippen LogP contribution in [0, 0.1) is 0 Å². The smallest absolute Gasteiger partial charge is 0.267 e. The quantitative estimate of drug-likeness (QED) is 0.660. The Balaban J connectivity index is 2.49. The fraction of sp³-hybridized carbons (Fsp3) is 0.167. The minimum Gasteiger partial charge on any atom is -0.267 e. The Hall–Kier alpha value is -1.70. The lowest BCUT2D eigenvalue weighted by Gasteiger charge is -2.00. The Kier molecular flexibility index (Phi) is 2.04. The van der Waals surface area contributed by atoms with E-state index < -0.39 is 0 Å². The van der Waals surface area contributed by atoms with Crippen molar-refractivity contribution in [3.63, 3.8) is 0 Å². The second-order valence-electron chi connectivity index (χ2n) is 3.38. The topological polar surface area (TPSA) is 29.4 Å². The monoisotopic (exact) mass is 185 g/mol. The lowest BCUT2D eigenvalue weighted by molar-refractivity contribution is -0.114. The zero-order valence-corrected chi connectivity index (χ0v) is 8.24. The lowest BCUT2D eigenvalue weighted by Crippen LogP contribution is -1.98. The summed E-state index contributed by atoms with van der Waals surface area (Å²) in [5.41, 5.74) is 3.56. The maximum atomic E-state index is 11.3. The van der Waals surface area contributed by atoms with Crippen molar-refractivity contribution in [1.82, 2.24) is 0 Å². The van der Waals surface area contributed by atoms with E-state index in [1.807, 2.05) is 44.2 Å². The third-order valence-corrected chi connectivity index (χ3v) is 2.50. The zero-order valence-electron chi connectivity index (χ0n) is 8.24. The van der Waals surface area contributed by atoms with Crippen molar-refractivity contribution in [2.24, 2.45) is 4.99 Å². The summed E-state index contributed by atoms with van der Waals surface area (Å²) < 4.78 is 0. The molecule has 2 rings (SSSR count). The minimum atomic E-state index is -0.110. The summed E-state index contributed by atoms with van der Waals surface area (Å²) >= 11 is 0. The molecule has 0 N–H and O–H groups in total. The summed E-state index contributed by atoms with van der Waals surface area (Å²) in [4.78, 5) is 15.3. The molecule has 0 unspecified atom stereocenters. The van der Waals surface area contributed by atoms with Gasteiger partial charge in [-0.15, -0.1) is 0 Å². The Bertz CT molecular complexity index is 441. The average molecular weight is 185 g/mol. The minimum absolute atomic E-state index is 0.110. The van der Waals surface area contributed by atoms with E-state index in [0.29, 0.717) is 0 Å². The van der Waals surface area contributed by atoms with E-state index in [1.54, 1.807) is 0 Å². The lowest BCUT2D eigenvalue weighted by atomic mass is 10.0. The highest BCUT2D eigenvalue weighted by molar-refractivity contribution is 6.25. The maximum absolute atomic E-state index is 11.3. The number of carbonyl (C=O) groups is 1. The van der Waals surface area contributed by atoms with Crippen molar-refractivity contribution in [3.8, 4) is 0 Å². The van der Waals surface area contributed by atoms with E-state index in [-0.39, 0.29) is 5.91 Å². The molecule has 14 heavy (non-hydrogen) atoms. The first-order valence-corrected chi connectivity index (χ1v) is 4.56. The number of hydrogen-bond acceptors (Lipinski definition) is 1. The van der Waals surface area contributed by atoms with Crippen molar-refractivity contribution >= 4 is 11.6 Å². The van der Waals surface area contributed by atoms with Gasteiger partial charge in [-0.1, -0.05) is 30.3 Å². The first kappa shape index (κ1) is 8.88. The average Bonchev–Trinajstić information content (AvgIpc) is 2.47. The largest absolute Gasteiger partial charge is 0.273 e. The Morgan fingerprint density at radius 1 is 1.00 bits per heavy atom. The van der Waals surface area contributed by atoms with Crippen molar-refractivity contribution in [3.05, 3.63) is 47.0 Å². The van der Waals surface area contributed by atoms with E-state index in [2.05, 4.69) is 4.99 Å². The van der Waals surface area contributed by atoms with Gasteiger partial charge in [0.25, 0.3) is 5.91 Å². The van der Waals surface area contributed by atoms with Crippen LogP contribution in [0.3, 0.4) is 0 Å². The van der Waals surface area contributed by atoms with Gasteiger partial charge in [-0.2, -0.15) is 0 Å². The van der Waals surface area contributed by atoms with Crippen LogP contribution in [0.4, 0.5) is 0 Å². The van der Waals surface area contributed by atoms with Crippen LogP contribution in [-0.2, 0) is 4.79 Å². The second kappa shape index (κ2) is 3.22. The van der Waals surface area contributed by atoms with Crippen LogP contribution in [0.5, 0.6) is 0 Å². The summed E-state index contributed by atoms with van der Waals surface area (Å²) in [6, 6.07) is 9.78. The molecule has 1 aromatic rings. The number of allylic oxidation sites excluding steroid dienone is 1. The molecule has 0 saturated carbocycles. The van der Waals surface area contributed by atoms with Gasteiger partial charge < -0.3 is 0 Å². The van der Waals surface area contributed by atoms with Crippen molar-refractivity contribution in [2.45, 2.75) is 13.8 Å². The third-order valence-electron chi connectivity index (χ3n) is 2.50. The summed E-state index contributed by atoms with van der Waals surface area (Å²) in [5.74, 6) is -0.110. The molecular formula is C12H11NO. The number of rotatable bonds is 1. The molecule has 2 nitrogen and oxygen atoms in total. The molecule has 0 aromatic heterocycles. The number of nitrogens with zero attached hydrogens (tertiary/aromatic N) is 1. The Labute approximate surface area is 83.0 Å². The van der Waals surface area contributed by atoms with Gasteiger partial charge in [0, 0.05) is 11.1 Å². The molecule has 2 heteroatoms. The molecule has 1 amide bonds. The van der Waals surface area contributed by atoms with Gasteiger partial charge in [-0.3, -0.25) is 4.79 Å². The van der Waals surface area contributed by atoms with Gasteiger partial charge in [0.05, 0.1) is 5.71 Å². The van der Waals surface area contributed by atoms with Crippen molar-refractivity contribution < 1.29 is 4.79 Å². The summed E-state index contributed by atoms with van der Waals surface area (Å²) in [6.45, 7) is 3.75. The molecule has 1 heterocycles. The van der Waals surface area contributed by atoms with Crippen LogP contribution < -0.4 is 0 Å². The first-order valence-electron chi connectivity index (χ1n) is 4.56. The number of amides is 1. The second-order valence-corrected chi connectivity index (χ2v) is 3.38. The summed E-state index contributed by atoms with van der Waals surface area (Å²) in [7, 11) is 0. The van der Waals surface area contributed by atoms with E-state index in [9.17, 15) is 4.79 Å². The van der Waals surface area contributed by atoms with Crippen molar-refractivity contribution in [2.75, 3.05) is 0 Å². The number of carbonyl (C=O) groups excluding carboxylic acids is 1. The number of benzene rings is 1. The van der Waals surface area contributed by atoms with Crippen LogP contribution in [0.1, 0.15) is 19.4 Å². The highest BCUT2D eigenvalue weighted by atomic mass is 16.1. The zero-order chi connectivity index (χ0) is 10.1. The molecule has 1 aliphatic rings. The van der Waals surface area contributed by atoms with Crippen LogP contribution in [0.2, 0.25) is 0 Å². The molecule has 0 bridgehead atoms. The molecule has 0 fully saturated rings. The van der Waals surface area contributed by atoms with Gasteiger partial charge in [0.15, 0.2) is 0 Å². The maximum Gasteiger partial charge on any atom is 0.273 e. The molecular weight excluding hydrogens is 174 g/mol. The van der Waals surface area contributed by atoms with Gasteiger partial charge in [0.2, 0.25) is 0 Å².